The highest BCUT2D eigenvalue weighted by Crippen LogP contribution is 2.31. The zero-order valence-corrected chi connectivity index (χ0v) is 22.3. The van der Waals surface area contributed by atoms with Crippen LogP contribution in [0.2, 0.25) is 0 Å². The monoisotopic (exact) mass is 519 g/mol. The van der Waals surface area contributed by atoms with Crippen molar-refractivity contribution in [3.8, 4) is 5.75 Å². The lowest BCUT2D eigenvalue weighted by Gasteiger charge is -2.34. The maximum absolute atomic E-state index is 13.4. The largest absolute Gasteiger partial charge is 0.495 e. The van der Waals surface area contributed by atoms with Gasteiger partial charge in [0.1, 0.15) is 5.75 Å². The number of carbonyl (C=O) groups excluding carboxylic acids is 1. The summed E-state index contributed by atoms with van der Waals surface area (Å²) in [6.45, 7) is 5.36. The Kier molecular flexibility index (Phi) is 8.31. The summed E-state index contributed by atoms with van der Waals surface area (Å²) in [4.78, 5) is 17.6. The van der Waals surface area contributed by atoms with Crippen LogP contribution in [-0.2, 0) is 10.0 Å². The number of ether oxygens (including phenoxy) is 1. The van der Waals surface area contributed by atoms with Crippen LogP contribution in [0.3, 0.4) is 0 Å². The zero-order valence-electron chi connectivity index (χ0n) is 21.5. The van der Waals surface area contributed by atoms with E-state index in [-0.39, 0.29) is 10.8 Å². The number of methoxy groups -OCH3 is 1. The van der Waals surface area contributed by atoms with Crippen molar-refractivity contribution in [2.24, 2.45) is 0 Å². The van der Waals surface area contributed by atoms with Gasteiger partial charge in [0, 0.05) is 45.3 Å². The maximum atomic E-state index is 13.4. The number of hydrogen-bond donors (Lipinski definition) is 0. The average molecular weight is 520 g/mol. The fourth-order valence-corrected chi connectivity index (χ4v) is 5.61. The van der Waals surface area contributed by atoms with E-state index in [1.807, 2.05) is 25.1 Å². The molecular weight excluding hydrogens is 486 g/mol. The molecule has 194 valence electrons. The molecule has 1 saturated heterocycles. The Labute approximate surface area is 219 Å². The van der Waals surface area contributed by atoms with Gasteiger partial charge in [0.25, 0.3) is 15.9 Å². The quantitative estimate of drug-likeness (QED) is 0.444. The molecule has 0 bridgehead atoms. The molecule has 7 nitrogen and oxygen atoms in total. The van der Waals surface area contributed by atoms with E-state index in [2.05, 4.69) is 29.2 Å². The predicted octanol–water partition coefficient (Wildman–Crippen LogP) is 4.30. The minimum Gasteiger partial charge on any atom is -0.495 e. The smallest absolute Gasteiger partial charge is 0.264 e. The van der Waals surface area contributed by atoms with Crippen LogP contribution in [0.15, 0.2) is 83.8 Å². The third-order valence-corrected chi connectivity index (χ3v) is 8.42. The highest BCUT2D eigenvalue weighted by atomic mass is 32.2. The van der Waals surface area contributed by atoms with Crippen LogP contribution in [0, 0.1) is 6.92 Å². The minimum absolute atomic E-state index is 0.0690. The van der Waals surface area contributed by atoms with Crippen LogP contribution in [0.1, 0.15) is 21.5 Å². The van der Waals surface area contributed by atoms with E-state index in [0.717, 1.165) is 30.8 Å². The third-order valence-electron chi connectivity index (χ3n) is 6.66. The van der Waals surface area contributed by atoms with E-state index in [4.69, 9.17) is 4.74 Å². The average Bonchev–Trinajstić information content (AvgIpc) is 2.93. The molecule has 0 aliphatic carbocycles. The normalized spacial score (nSPS) is 14.6. The molecule has 1 amide bonds. The number of amides is 1. The lowest BCUT2D eigenvalue weighted by atomic mass is 10.1. The number of rotatable bonds is 8. The van der Waals surface area contributed by atoms with Gasteiger partial charge >= 0.3 is 0 Å². The maximum Gasteiger partial charge on any atom is 0.264 e. The molecular formula is C29H33N3O4S. The van der Waals surface area contributed by atoms with Crippen LogP contribution in [0.5, 0.6) is 5.75 Å². The molecule has 0 atom stereocenters. The number of anilines is 1. The molecule has 1 aliphatic rings. The summed E-state index contributed by atoms with van der Waals surface area (Å²) in [6.07, 6.45) is 4.25. The standard InChI is InChI=1S/C29H33N3O4S/c1-23-15-16-25(37(34,35)30(2)27-13-7-8-14-28(27)36-3)22-26(23)29(33)32-20-18-31(19-21-32)17-9-12-24-10-5-4-6-11-24/h4-16,22H,17-21H2,1-3H3. The van der Waals surface area contributed by atoms with Crippen LogP contribution in [-0.4, -0.2) is 71.0 Å². The molecule has 0 saturated carbocycles. The number of hydrogen-bond acceptors (Lipinski definition) is 5. The Bertz CT molecular complexity index is 1360. The molecule has 1 fully saturated rings. The van der Waals surface area contributed by atoms with Crippen molar-refractivity contribution in [2.45, 2.75) is 11.8 Å². The molecule has 3 aromatic rings. The van der Waals surface area contributed by atoms with Gasteiger partial charge in [0.05, 0.1) is 17.7 Å². The highest BCUT2D eigenvalue weighted by molar-refractivity contribution is 7.92. The van der Waals surface area contributed by atoms with Gasteiger partial charge in [-0.2, -0.15) is 0 Å². The van der Waals surface area contributed by atoms with Crippen molar-refractivity contribution >= 4 is 27.7 Å². The van der Waals surface area contributed by atoms with Crippen molar-refractivity contribution in [3.63, 3.8) is 0 Å². The summed E-state index contributed by atoms with van der Waals surface area (Å²) in [5.41, 5.74) is 2.75. The summed E-state index contributed by atoms with van der Waals surface area (Å²) < 4.78 is 33.4. The summed E-state index contributed by atoms with van der Waals surface area (Å²) >= 11 is 0. The van der Waals surface area contributed by atoms with E-state index in [0.29, 0.717) is 30.1 Å². The van der Waals surface area contributed by atoms with Gasteiger partial charge in [-0.1, -0.05) is 60.7 Å². The molecule has 1 heterocycles. The first kappa shape index (κ1) is 26.4. The summed E-state index contributed by atoms with van der Waals surface area (Å²) in [6, 6.07) is 21.8. The molecule has 1 aliphatic heterocycles. The molecule has 37 heavy (non-hydrogen) atoms. The number of sulfonamides is 1. The predicted molar refractivity (Wildman–Crippen MR) is 148 cm³/mol. The Hall–Kier alpha value is -3.62. The third kappa shape index (κ3) is 6.03. The fourth-order valence-electron chi connectivity index (χ4n) is 4.38. The van der Waals surface area contributed by atoms with Crippen LogP contribution < -0.4 is 9.04 Å². The number of benzene rings is 3. The number of aryl methyl sites for hydroxylation is 1. The van der Waals surface area contributed by atoms with E-state index < -0.39 is 10.0 Å². The Balaban J connectivity index is 1.44. The SMILES string of the molecule is COc1ccccc1N(C)S(=O)(=O)c1ccc(C)c(C(=O)N2CCN(CC=Cc3ccccc3)CC2)c1. The number of para-hydroxylation sites is 2. The first-order valence-corrected chi connectivity index (χ1v) is 13.7. The van der Waals surface area contributed by atoms with Crippen LogP contribution in [0.25, 0.3) is 6.08 Å². The summed E-state index contributed by atoms with van der Waals surface area (Å²) in [5.74, 6) is 0.308. The van der Waals surface area contributed by atoms with Crippen molar-refractivity contribution in [1.82, 2.24) is 9.80 Å². The molecule has 3 aromatic carbocycles. The highest BCUT2D eigenvalue weighted by Gasteiger charge is 2.27. The Morgan fingerprint density at radius 2 is 1.65 bits per heavy atom. The van der Waals surface area contributed by atoms with Gasteiger partial charge in [-0.3, -0.25) is 14.0 Å². The molecule has 0 radical (unpaired) electrons. The second-order valence-corrected chi connectivity index (χ2v) is 11.0. The lowest BCUT2D eigenvalue weighted by Crippen LogP contribution is -2.48. The first-order chi connectivity index (χ1) is 17.8. The van der Waals surface area contributed by atoms with Crippen molar-refractivity contribution in [2.75, 3.05) is 51.2 Å². The second kappa shape index (κ2) is 11.6. The molecule has 0 spiro atoms. The second-order valence-electron chi connectivity index (χ2n) is 9.03. The Morgan fingerprint density at radius 1 is 0.973 bits per heavy atom. The van der Waals surface area contributed by atoms with Gasteiger partial charge in [-0.15, -0.1) is 0 Å². The molecule has 0 N–H and O–H groups in total. The van der Waals surface area contributed by atoms with Gasteiger partial charge in [0.2, 0.25) is 0 Å². The molecule has 4 rings (SSSR count). The van der Waals surface area contributed by atoms with Crippen LogP contribution >= 0.6 is 0 Å². The minimum atomic E-state index is -3.90. The topological polar surface area (TPSA) is 70.2 Å². The van der Waals surface area contributed by atoms with Gasteiger partial charge in [-0.25, -0.2) is 8.42 Å². The van der Waals surface area contributed by atoms with Crippen molar-refractivity contribution in [3.05, 3.63) is 95.6 Å². The zero-order chi connectivity index (χ0) is 26.4. The lowest BCUT2D eigenvalue weighted by molar-refractivity contribution is 0.0649. The Morgan fingerprint density at radius 3 is 2.35 bits per heavy atom. The molecule has 0 unspecified atom stereocenters. The molecule has 8 heteroatoms. The van der Waals surface area contributed by atoms with E-state index in [9.17, 15) is 13.2 Å². The van der Waals surface area contributed by atoms with E-state index in [1.54, 1.807) is 41.3 Å². The summed E-state index contributed by atoms with van der Waals surface area (Å²) in [7, 11) is -0.916. The van der Waals surface area contributed by atoms with Crippen molar-refractivity contribution in [1.29, 1.82) is 0 Å². The first-order valence-electron chi connectivity index (χ1n) is 12.3. The fraction of sp³-hybridized carbons (Fsp3) is 0.276. The molecule has 0 aromatic heterocycles. The van der Waals surface area contributed by atoms with E-state index >= 15 is 0 Å². The number of nitrogens with zero attached hydrogens (tertiary/aromatic N) is 3. The van der Waals surface area contributed by atoms with Gasteiger partial charge in [0.15, 0.2) is 0 Å². The van der Waals surface area contributed by atoms with Crippen LogP contribution in [0.4, 0.5) is 5.69 Å². The number of carbonyl (C=O) groups is 1. The van der Waals surface area contributed by atoms with Crippen molar-refractivity contribution < 1.29 is 17.9 Å². The summed E-state index contributed by atoms with van der Waals surface area (Å²) in [5, 5.41) is 0. The van der Waals surface area contributed by atoms with Gasteiger partial charge < -0.3 is 9.64 Å². The van der Waals surface area contributed by atoms with E-state index in [1.165, 1.54) is 24.5 Å². The number of piperazine rings is 1. The van der Waals surface area contributed by atoms with Gasteiger partial charge in [-0.05, 0) is 42.3 Å².